The number of hydrogen-bond donors (Lipinski definition) is 1. The van der Waals surface area contributed by atoms with Crippen molar-refractivity contribution >= 4 is 17.7 Å². The van der Waals surface area contributed by atoms with Crippen LogP contribution in [0.4, 0.5) is 0 Å². The Morgan fingerprint density at radius 2 is 2.00 bits per heavy atom. The molecule has 0 spiro atoms. The summed E-state index contributed by atoms with van der Waals surface area (Å²) in [7, 11) is 0. The van der Waals surface area contributed by atoms with E-state index < -0.39 is 0 Å². The molecule has 1 amide bonds. The molecule has 1 aliphatic rings. The fraction of sp³-hybridized carbons (Fsp3) is 0.579. The number of tetrazole rings is 1. The van der Waals surface area contributed by atoms with E-state index in [-0.39, 0.29) is 17.5 Å². The second-order valence-corrected chi connectivity index (χ2v) is 8.80. The van der Waals surface area contributed by atoms with E-state index >= 15 is 0 Å². The third-order valence-corrected chi connectivity index (χ3v) is 5.58. The van der Waals surface area contributed by atoms with Gasteiger partial charge in [-0.05, 0) is 80.5 Å². The molecule has 1 aliphatic carbocycles. The quantitative estimate of drug-likeness (QED) is 0.814. The molecular weight excluding hydrogens is 346 g/mol. The van der Waals surface area contributed by atoms with Gasteiger partial charge in [-0.15, -0.1) is 5.10 Å². The maximum Gasteiger partial charge on any atom is 0.230 e. The Hall–Kier alpha value is -1.89. The first kappa shape index (κ1) is 18.9. The molecule has 1 heterocycles. The summed E-state index contributed by atoms with van der Waals surface area (Å²) in [6.45, 7) is 8.13. The number of amides is 1. The third kappa shape index (κ3) is 4.44. The van der Waals surface area contributed by atoms with Crippen LogP contribution >= 0.6 is 11.8 Å². The zero-order valence-corrected chi connectivity index (χ0v) is 16.8. The van der Waals surface area contributed by atoms with Gasteiger partial charge in [0.1, 0.15) is 0 Å². The number of fused-ring (bicyclic) bond motifs is 1. The van der Waals surface area contributed by atoms with Crippen molar-refractivity contribution in [2.75, 3.05) is 5.75 Å². The van der Waals surface area contributed by atoms with Crippen LogP contribution in [-0.4, -0.2) is 31.9 Å². The Labute approximate surface area is 159 Å². The second kappa shape index (κ2) is 7.78. The van der Waals surface area contributed by atoms with Crippen molar-refractivity contribution in [2.45, 2.75) is 70.1 Å². The number of hydrogen-bond acceptors (Lipinski definition) is 5. The summed E-state index contributed by atoms with van der Waals surface area (Å²) in [4.78, 5) is 12.4. The second-order valence-electron chi connectivity index (χ2n) is 7.86. The van der Waals surface area contributed by atoms with E-state index in [9.17, 15) is 4.79 Å². The first-order valence-electron chi connectivity index (χ1n) is 9.17. The summed E-state index contributed by atoms with van der Waals surface area (Å²) in [5, 5.41) is 15.5. The molecule has 0 fully saturated rings. The van der Waals surface area contributed by atoms with Crippen molar-refractivity contribution in [3.05, 3.63) is 34.9 Å². The van der Waals surface area contributed by atoms with Gasteiger partial charge in [-0.1, -0.05) is 30.0 Å². The Kier molecular flexibility index (Phi) is 5.65. The van der Waals surface area contributed by atoms with Crippen molar-refractivity contribution in [1.82, 2.24) is 25.5 Å². The zero-order valence-electron chi connectivity index (χ0n) is 16.0. The van der Waals surface area contributed by atoms with Gasteiger partial charge in [-0.25, -0.2) is 4.68 Å². The Bertz CT molecular complexity index is 780. The van der Waals surface area contributed by atoms with Crippen molar-refractivity contribution in [1.29, 1.82) is 0 Å². The molecule has 0 aliphatic heterocycles. The molecule has 7 heteroatoms. The number of thioether (sulfide) groups is 1. The highest BCUT2D eigenvalue weighted by atomic mass is 32.2. The molecule has 0 radical (unpaired) electrons. The normalized spacial score (nSPS) is 15.4. The Morgan fingerprint density at radius 1 is 1.27 bits per heavy atom. The van der Waals surface area contributed by atoms with Crippen LogP contribution in [0.15, 0.2) is 23.4 Å². The van der Waals surface area contributed by atoms with Gasteiger partial charge in [0.15, 0.2) is 0 Å². The minimum atomic E-state index is -0.210. The first-order valence-corrected chi connectivity index (χ1v) is 10.2. The molecule has 3 rings (SSSR count). The molecule has 0 saturated heterocycles. The van der Waals surface area contributed by atoms with Crippen LogP contribution in [0.3, 0.4) is 0 Å². The predicted octanol–water partition coefficient (Wildman–Crippen LogP) is 3.28. The molecule has 1 aromatic heterocycles. The lowest BCUT2D eigenvalue weighted by Crippen LogP contribution is -2.29. The van der Waals surface area contributed by atoms with Crippen LogP contribution in [0, 0.1) is 0 Å². The molecule has 140 valence electrons. The van der Waals surface area contributed by atoms with Crippen LogP contribution in [0.1, 0.15) is 63.3 Å². The lowest BCUT2D eigenvalue weighted by atomic mass is 9.89. The van der Waals surface area contributed by atoms with Gasteiger partial charge in [-0.3, -0.25) is 4.79 Å². The molecule has 1 N–H and O–H groups in total. The number of rotatable bonds is 5. The van der Waals surface area contributed by atoms with Gasteiger partial charge in [-0.2, -0.15) is 0 Å². The van der Waals surface area contributed by atoms with Gasteiger partial charge < -0.3 is 5.32 Å². The fourth-order valence-electron chi connectivity index (χ4n) is 3.21. The number of aryl methyl sites for hydroxylation is 2. The molecule has 1 unspecified atom stereocenters. The predicted molar refractivity (Wildman–Crippen MR) is 103 cm³/mol. The smallest absolute Gasteiger partial charge is 0.230 e. The summed E-state index contributed by atoms with van der Waals surface area (Å²) in [5.41, 5.74) is 3.86. The maximum absolute atomic E-state index is 12.4. The van der Waals surface area contributed by atoms with E-state index in [1.54, 1.807) is 4.68 Å². The van der Waals surface area contributed by atoms with E-state index in [0.29, 0.717) is 10.9 Å². The third-order valence-electron chi connectivity index (χ3n) is 4.66. The molecule has 1 atom stereocenters. The molecule has 6 nitrogen and oxygen atoms in total. The van der Waals surface area contributed by atoms with Crippen LogP contribution in [0.2, 0.25) is 0 Å². The minimum absolute atomic E-state index is 0.00561. The number of benzene rings is 1. The van der Waals surface area contributed by atoms with Crippen molar-refractivity contribution < 1.29 is 4.79 Å². The number of carbonyl (C=O) groups excluding carboxylic acids is 1. The number of carbonyl (C=O) groups is 1. The van der Waals surface area contributed by atoms with Crippen LogP contribution < -0.4 is 5.32 Å². The Balaban J connectivity index is 1.57. The van der Waals surface area contributed by atoms with E-state index in [1.807, 2.05) is 27.7 Å². The van der Waals surface area contributed by atoms with Gasteiger partial charge >= 0.3 is 0 Å². The summed E-state index contributed by atoms with van der Waals surface area (Å²) >= 11 is 1.36. The summed E-state index contributed by atoms with van der Waals surface area (Å²) in [6, 6.07) is 6.61. The zero-order chi connectivity index (χ0) is 18.7. The molecule has 2 aromatic rings. The Morgan fingerprint density at radius 3 is 2.73 bits per heavy atom. The lowest BCUT2D eigenvalue weighted by molar-refractivity contribution is -0.119. The molecule has 26 heavy (non-hydrogen) atoms. The van der Waals surface area contributed by atoms with Gasteiger partial charge in [0, 0.05) is 0 Å². The van der Waals surface area contributed by atoms with Crippen molar-refractivity contribution in [3.8, 4) is 0 Å². The number of nitrogens with one attached hydrogen (secondary N) is 1. The fourth-order valence-corrected chi connectivity index (χ4v) is 4.08. The lowest BCUT2D eigenvalue weighted by Gasteiger charge is -2.20. The molecule has 1 aromatic carbocycles. The van der Waals surface area contributed by atoms with Gasteiger partial charge in [0.2, 0.25) is 11.1 Å². The van der Waals surface area contributed by atoms with Crippen LogP contribution in [-0.2, 0) is 23.2 Å². The molecular formula is C19H27N5OS. The van der Waals surface area contributed by atoms with Crippen molar-refractivity contribution in [3.63, 3.8) is 0 Å². The average Bonchev–Trinajstić information content (AvgIpc) is 3.08. The van der Waals surface area contributed by atoms with Crippen molar-refractivity contribution in [2.24, 2.45) is 0 Å². The van der Waals surface area contributed by atoms with Crippen LogP contribution in [0.5, 0.6) is 0 Å². The van der Waals surface area contributed by atoms with Gasteiger partial charge in [0.05, 0.1) is 17.3 Å². The van der Waals surface area contributed by atoms with E-state index in [1.165, 1.54) is 47.7 Å². The largest absolute Gasteiger partial charge is 0.349 e. The number of aromatic nitrogens is 4. The first-order chi connectivity index (χ1) is 12.3. The van der Waals surface area contributed by atoms with E-state index in [0.717, 1.165) is 6.42 Å². The van der Waals surface area contributed by atoms with E-state index in [4.69, 9.17) is 0 Å². The average molecular weight is 374 g/mol. The standard InChI is InChI=1S/C19H27N5OS/c1-13(15-10-9-14-7-5-6-8-16(14)11-15)20-17(25)12-26-18-21-22-23-24(18)19(2,3)4/h9-11,13H,5-8,12H2,1-4H3,(H,20,25). The summed E-state index contributed by atoms with van der Waals surface area (Å²) in [6.07, 6.45) is 4.87. The molecule has 0 saturated carbocycles. The van der Waals surface area contributed by atoms with E-state index in [2.05, 4.69) is 39.0 Å². The monoisotopic (exact) mass is 373 g/mol. The summed E-state index contributed by atoms with van der Waals surface area (Å²) in [5.74, 6) is 0.287. The SMILES string of the molecule is CC(NC(=O)CSc1nnnn1C(C)(C)C)c1ccc2c(c1)CCCC2. The molecule has 0 bridgehead atoms. The maximum atomic E-state index is 12.4. The highest BCUT2D eigenvalue weighted by Gasteiger charge is 2.21. The highest BCUT2D eigenvalue weighted by Crippen LogP contribution is 2.25. The highest BCUT2D eigenvalue weighted by molar-refractivity contribution is 7.99. The van der Waals surface area contributed by atoms with Gasteiger partial charge in [0.25, 0.3) is 0 Å². The van der Waals surface area contributed by atoms with Crippen LogP contribution in [0.25, 0.3) is 0 Å². The minimum Gasteiger partial charge on any atom is -0.349 e. The summed E-state index contributed by atoms with van der Waals surface area (Å²) < 4.78 is 1.75. The topological polar surface area (TPSA) is 72.7 Å². The number of nitrogens with zero attached hydrogens (tertiary/aromatic N) is 4.